The van der Waals surface area contributed by atoms with Crippen molar-refractivity contribution in [3.63, 3.8) is 0 Å². The number of rotatable bonds is 4. The molecule has 2 amide bonds. The lowest BCUT2D eigenvalue weighted by molar-refractivity contribution is -0.117. The van der Waals surface area contributed by atoms with Crippen molar-refractivity contribution < 1.29 is 9.59 Å². The number of nitrogens with two attached hydrogens (primary N) is 1. The van der Waals surface area contributed by atoms with Crippen LogP contribution < -0.4 is 11.1 Å². The Bertz CT molecular complexity index is 711. The zero-order chi connectivity index (χ0) is 15.6. The Hall–Kier alpha value is -2.41. The maximum Gasteiger partial charge on any atom is 0.250 e. The highest BCUT2D eigenvalue weighted by Gasteiger charge is 2.12. The van der Waals surface area contributed by atoms with Crippen LogP contribution in [-0.4, -0.2) is 26.6 Å². The van der Waals surface area contributed by atoms with E-state index in [1.807, 2.05) is 19.9 Å². The predicted molar refractivity (Wildman–Crippen MR) is 78.1 cm³/mol. The zero-order valence-electron chi connectivity index (χ0n) is 11.6. The SMILES string of the molecule is Cc1cc(C)n(CC(=O)Nc2ncc(C(N)=O)cc2Cl)n1. The molecule has 2 rings (SSSR count). The standard InChI is InChI=1S/C13H14ClN5O2/c1-7-3-8(2)19(18-7)6-11(20)17-13-10(14)4-9(5-16-13)12(15)21/h3-5H,6H2,1-2H3,(H2,15,21)(H,16,17,20). The fourth-order valence-corrected chi connectivity index (χ4v) is 2.02. The topological polar surface area (TPSA) is 103 Å². The molecule has 0 radical (unpaired) electrons. The third-order valence-corrected chi connectivity index (χ3v) is 3.07. The quantitative estimate of drug-likeness (QED) is 0.888. The second-order valence-corrected chi connectivity index (χ2v) is 4.96. The van der Waals surface area contributed by atoms with Crippen molar-refractivity contribution in [2.75, 3.05) is 5.32 Å². The lowest BCUT2D eigenvalue weighted by Gasteiger charge is -2.08. The molecule has 0 aromatic carbocycles. The Morgan fingerprint density at radius 1 is 1.38 bits per heavy atom. The van der Waals surface area contributed by atoms with Gasteiger partial charge in [0.15, 0.2) is 5.82 Å². The van der Waals surface area contributed by atoms with Crippen LogP contribution in [0.1, 0.15) is 21.7 Å². The van der Waals surface area contributed by atoms with Gasteiger partial charge >= 0.3 is 0 Å². The summed E-state index contributed by atoms with van der Waals surface area (Å²) in [6, 6.07) is 3.23. The Morgan fingerprint density at radius 2 is 2.10 bits per heavy atom. The summed E-state index contributed by atoms with van der Waals surface area (Å²) in [5.41, 5.74) is 7.01. The molecule has 0 saturated heterocycles. The van der Waals surface area contributed by atoms with E-state index in [9.17, 15) is 9.59 Å². The Morgan fingerprint density at radius 3 is 2.62 bits per heavy atom. The number of aromatic nitrogens is 3. The van der Waals surface area contributed by atoms with Crippen molar-refractivity contribution in [3.05, 3.63) is 40.3 Å². The first kappa shape index (κ1) is 15.0. The second-order valence-electron chi connectivity index (χ2n) is 4.55. The molecule has 0 aliphatic carbocycles. The van der Waals surface area contributed by atoms with Gasteiger partial charge in [0.1, 0.15) is 6.54 Å². The van der Waals surface area contributed by atoms with E-state index in [0.29, 0.717) is 0 Å². The highest BCUT2D eigenvalue weighted by molar-refractivity contribution is 6.33. The van der Waals surface area contributed by atoms with Crippen molar-refractivity contribution in [2.24, 2.45) is 5.73 Å². The number of amides is 2. The van der Waals surface area contributed by atoms with Gasteiger partial charge in [-0.1, -0.05) is 11.6 Å². The largest absolute Gasteiger partial charge is 0.366 e. The molecule has 0 bridgehead atoms. The summed E-state index contributed by atoms with van der Waals surface area (Å²) < 4.78 is 1.58. The van der Waals surface area contributed by atoms with Crippen molar-refractivity contribution in [1.82, 2.24) is 14.8 Å². The average molecular weight is 308 g/mol. The molecule has 0 aliphatic heterocycles. The number of primary amides is 1. The number of carbonyl (C=O) groups is 2. The van der Waals surface area contributed by atoms with E-state index in [1.54, 1.807) is 4.68 Å². The van der Waals surface area contributed by atoms with Gasteiger partial charge in [-0.05, 0) is 26.0 Å². The van der Waals surface area contributed by atoms with E-state index >= 15 is 0 Å². The molecule has 7 nitrogen and oxygen atoms in total. The van der Waals surface area contributed by atoms with E-state index in [-0.39, 0.29) is 28.9 Å². The number of anilines is 1. The molecule has 0 fully saturated rings. The van der Waals surface area contributed by atoms with Gasteiger partial charge in [0.2, 0.25) is 11.8 Å². The van der Waals surface area contributed by atoms with E-state index in [1.165, 1.54) is 12.3 Å². The van der Waals surface area contributed by atoms with Gasteiger partial charge in [0.05, 0.1) is 16.3 Å². The molecular weight excluding hydrogens is 294 g/mol. The molecule has 8 heteroatoms. The van der Waals surface area contributed by atoms with Gasteiger partial charge in [-0.3, -0.25) is 14.3 Å². The maximum atomic E-state index is 12.0. The van der Waals surface area contributed by atoms with Gasteiger partial charge in [-0.15, -0.1) is 0 Å². The summed E-state index contributed by atoms with van der Waals surface area (Å²) in [4.78, 5) is 26.9. The van der Waals surface area contributed by atoms with Crippen molar-refractivity contribution in [3.8, 4) is 0 Å². The number of hydrogen-bond acceptors (Lipinski definition) is 4. The first-order chi connectivity index (χ1) is 9.86. The third-order valence-electron chi connectivity index (χ3n) is 2.78. The monoisotopic (exact) mass is 307 g/mol. The third kappa shape index (κ3) is 3.57. The second kappa shape index (κ2) is 5.92. The average Bonchev–Trinajstić information content (AvgIpc) is 2.70. The van der Waals surface area contributed by atoms with Crippen molar-refractivity contribution in [2.45, 2.75) is 20.4 Å². The Labute approximate surface area is 126 Å². The van der Waals surface area contributed by atoms with Crippen LogP contribution in [0.5, 0.6) is 0 Å². The molecule has 21 heavy (non-hydrogen) atoms. The van der Waals surface area contributed by atoms with Gasteiger partial charge in [0, 0.05) is 11.9 Å². The number of nitrogens with one attached hydrogen (secondary N) is 1. The normalized spacial score (nSPS) is 10.4. The Kier molecular flexibility index (Phi) is 4.23. The summed E-state index contributed by atoms with van der Waals surface area (Å²) in [6.07, 6.45) is 1.26. The summed E-state index contributed by atoms with van der Waals surface area (Å²) in [5, 5.41) is 6.91. The molecule has 0 unspecified atom stereocenters. The van der Waals surface area contributed by atoms with Crippen LogP contribution in [0.2, 0.25) is 5.02 Å². The zero-order valence-corrected chi connectivity index (χ0v) is 12.3. The van der Waals surface area contributed by atoms with Crippen LogP contribution in [0.25, 0.3) is 0 Å². The number of pyridine rings is 1. The lowest BCUT2D eigenvalue weighted by Crippen LogP contribution is -2.21. The molecule has 0 saturated carbocycles. The molecule has 0 aliphatic rings. The van der Waals surface area contributed by atoms with Crippen molar-refractivity contribution >= 4 is 29.2 Å². The minimum Gasteiger partial charge on any atom is -0.366 e. The molecule has 110 valence electrons. The number of hydrogen-bond donors (Lipinski definition) is 2. The number of aryl methyl sites for hydroxylation is 2. The van der Waals surface area contributed by atoms with Crippen LogP contribution in [0.4, 0.5) is 5.82 Å². The smallest absolute Gasteiger partial charge is 0.250 e. The van der Waals surface area contributed by atoms with E-state index < -0.39 is 5.91 Å². The minimum absolute atomic E-state index is 0.0508. The van der Waals surface area contributed by atoms with Crippen LogP contribution in [0.3, 0.4) is 0 Å². The molecule has 2 aromatic rings. The van der Waals surface area contributed by atoms with Gasteiger partial charge < -0.3 is 11.1 Å². The predicted octanol–water partition coefficient (Wildman–Crippen LogP) is 1.29. The summed E-state index contributed by atoms with van der Waals surface area (Å²) in [6.45, 7) is 3.76. The minimum atomic E-state index is -0.634. The van der Waals surface area contributed by atoms with Gasteiger partial charge in [-0.2, -0.15) is 5.10 Å². The molecule has 0 atom stereocenters. The fraction of sp³-hybridized carbons (Fsp3) is 0.231. The molecule has 3 N–H and O–H groups in total. The highest BCUT2D eigenvalue weighted by atomic mass is 35.5. The molecule has 2 heterocycles. The van der Waals surface area contributed by atoms with E-state index in [4.69, 9.17) is 17.3 Å². The maximum absolute atomic E-state index is 12.0. The molecule has 2 aromatic heterocycles. The Balaban J connectivity index is 2.09. The first-order valence-electron chi connectivity index (χ1n) is 6.13. The number of nitrogens with zero attached hydrogens (tertiary/aromatic N) is 3. The van der Waals surface area contributed by atoms with Crippen molar-refractivity contribution in [1.29, 1.82) is 0 Å². The van der Waals surface area contributed by atoms with E-state index in [0.717, 1.165) is 11.4 Å². The lowest BCUT2D eigenvalue weighted by atomic mass is 10.2. The first-order valence-corrected chi connectivity index (χ1v) is 6.51. The highest BCUT2D eigenvalue weighted by Crippen LogP contribution is 2.20. The van der Waals surface area contributed by atoms with Crippen LogP contribution >= 0.6 is 11.6 Å². The number of carbonyl (C=O) groups excluding carboxylic acids is 2. The van der Waals surface area contributed by atoms with Crippen LogP contribution in [-0.2, 0) is 11.3 Å². The molecule has 0 spiro atoms. The van der Waals surface area contributed by atoms with Gasteiger partial charge in [0.25, 0.3) is 0 Å². The number of halogens is 1. The summed E-state index contributed by atoms with van der Waals surface area (Å²) in [7, 11) is 0. The van der Waals surface area contributed by atoms with Crippen LogP contribution in [0, 0.1) is 13.8 Å². The fourth-order valence-electron chi connectivity index (χ4n) is 1.81. The molecular formula is C13H14ClN5O2. The van der Waals surface area contributed by atoms with E-state index in [2.05, 4.69) is 15.4 Å². The van der Waals surface area contributed by atoms with Crippen LogP contribution in [0.15, 0.2) is 18.3 Å². The summed E-state index contributed by atoms with van der Waals surface area (Å²) in [5.74, 6) is -0.777. The van der Waals surface area contributed by atoms with Gasteiger partial charge in [-0.25, -0.2) is 4.98 Å². The summed E-state index contributed by atoms with van der Waals surface area (Å²) >= 11 is 5.95.